The minimum absolute atomic E-state index is 0.00356. The maximum atomic E-state index is 11.0. The van der Waals surface area contributed by atoms with Gasteiger partial charge in [0.25, 0.3) is 0 Å². The van der Waals surface area contributed by atoms with E-state index in [1.54, 1.807) is 5.56 Å². The first-order chi connectivity index (χ1) is 14.7. The lowest BCUT2D eigenvalue weighted by molar-refractivity contribution is -0.191. The molecular formula is C27H42O3. The van der Waals surface area contributed by atoms with E-state index in [9.17, 15) is 5.11 Å². The molecule has 3 nitrogen and oxygen atoms in total. The molecule has 0 radical (unpaired) electrons. The van der Waals surface area contributed by atoms with E-state index in [1.807, 2.05) is 0 Å². The van der Waals surface area contributed by atoms with Crippen LogP contribution in [0.2, 0.25) is 0 Å². The van der Waals surface area contributed by atoms with Crippen molar-refractivity contribution in [3.63, 3.8) is 0 Å². The number of hydrogen-bond acceptors (Lipinski definition) is 3. The van der Waals surface area contributed by atoms with Crippen LogP contribution >= 0.6 is 0 Å². The summed E-state index contributed by atoms with van der Waals surface area (Å²) in [7, 11) is 0. The Morgan fingerprint density at radius 2 is 2.07 bits per heavy atom. The molecule has 1 unspecified atom stereocenters. The van der Waals surface area contributed by atoms with Crippen LogP contribution < -0.4 is 0 Å². The third-order valence-electron chi connectivity index (χ3n) is 8.06. The molecule has 3 aliphatic rings. The van der Waals surface area contributed by atoms with Crippen molar-refractivity contribution < 1.29 is 14.6 Å². The van der Waals surface area contributed by atoms with Crippen LogP contribution in [0.5, 0.6) is 0 Å². The van der Waals surface area contributed by atoms with Gasteiger partial charge in [-0.05, 0) is 99.2 Å². The summed E-state index contributed by atoms with van der Waals surface area (Å²) in [5, 5.41) is 11.0. The second kappa shape index (κ2) is 10.6. The van der Waals surface area contributed by atoms with Crippen LogP contribution in [0.4, 0.5) is 0 Å². The van der Waals surface area contributed by atoms with E-state index >= 15 is 0 Å². The zero-order valence-corrected chi connectivity index (χ0v) is 19.2. The molecule has 0 bridgehead atoms. The van der Waals surface area contributed by atoms with Crippen LogP contribution in [-0.4, -0.2) is 30.2 Å². The lowest BCUT2D eigenvalue weighted by atomic mass is 9.73. The monoisotopic (exact) mass is 414 g/mol. The summed E-state index contributed by atoms with van der Waals surface area (Å²) in [5.41, 5.74) is 4.52. The van der Waals surface area contributed by atoms with E-state index in [-0.39, 0.29) is 18.5 Å². The molecule has 1 saturated heterocycles. The minimum Gasteiger partial charge on any atom is -0.393 e. The molecule has 1 aromatic carbocycles. The van der Waals surface area contributed by atoms with Gasteiger partial charge in [0.15, 0.2) is 6.29 Å². The molecule has 6 atom stereocenters. The summed E-state index contributed by atoms with van der Waals surface area (Å²) in [6.45, 7) is 5.35. The van der Waals surface area contributed by atoms with E-state index < -0.39 is 0 Å². The molecule has 0 aromatic heterocycles. The number of hydrogen-bond donors (Lipinski definition) is 1. The molecule has 2 aliphatic carbocycles. The van der Waals surface area contributed by atoms with Crippen LogP contribution in [0.3, 0.4) is 0 Å². The van der Waals surface area contributed by atoms with E-state index in [0.717, 1.165) is 51.6 Å². The van der Waals surface area contributed by atoms with Crippen molar-refractivity contribution >= 4 is 0 Å². The Kier molecular flexibility index (Phi) is 7.89. The summed E-state index contributed by atoms with van der Waals surface area (Å²) in [6.07, 6.45) is 13.9. The van der Waals surface area contributed by atoms with Crippen LogP contribution in [0.25, 0.3) is 0 Å². The summed E-state index contributed by atoms with van der Waals surface area (Å²) >= 11 is 0. The number of aliphatic hydroxyl groups excluding tert-OH is 1. The maximum absolute atomic E-state index is 11.0. The van der Waals surface area contributed by atoms with Gasteiger partial charge < -0.3 is 14.6 Å². The molecule has 168 valence electrons. The maximum Gasteiger partial charge on any atom is 0.157 e. The van der Waals surface area contributed by atoms with Crippen LogP contribution in [0.1, 0.15) is 87.8 Å². The molecular weight excluding hydrogens is 372 g/mol. The highest BCUT2D eigenvalue weighted by Gasteiger charge is 2.44. The van der Waals surface area contributed by atoms with E-state index in [1.165, 1.54) is 43.2 Å². The van der Waals surface area contributed by atoms with Gasteiger partial charge in [0.1, 0.15) is 0 Å². The van der Waals surface area contributed by atoms with E-state index in [2.05, 4.69) is 32.0 Å². The van der Waals surface area contributed by atoms with Crippen molar-refractivity contribution in [1.29, 1.82) is 0 Å². The van der Waals surface area contributed by atoms with Crippen molar-refractivity contribution in [1.82, 2.24) is 0 Å². The standard InChI is InChI=1S/C27H42O3/c1-3-4-5-11-22(30-27-12-6-7-15-29-27)13-14-23-25-16-20-10-8-9-19(2)24(20)17-21(25)18-26(23)28/h8-10,21-23,25-28H,3-7,11-18H2,1-2H3/t21-,22-,23+,25-,26+,27?/m0/s1. The Labute approximate surface area is 183 Å². The van der Waals surface area contributed by atoms with Gasteiger partial charge >= 0.3 is 0 Å². The predicted octanol–water partition coefficient (Wildman–Crippen LogP) is 5.98. The first kappa shape index (κ1) is 22.3. The fourth-order valence-electron chi connectivity index (χ4n) is 6.33. The van der Waals surface area contributed by atoms with Gasteiger partial charge in [-0.2, -0.15) is 0 Å². The fourth-order valence-corrected chi connectivity index (χ4v) is 6.33. The number of unbranched alkanes of at least 4 members (excludes halogenated alkanes) is 2. The summed E-state index contributed by atoms with van der Waals surface area (Å²) in [5.74, 6) is 1.71. The molecule has 3 heteroatoms. The van der Waals surface area contributed by atoms with Crippen molar-refractivity contribution in [2.24, 2.45) is 17.8 Å². The Hall–Kier alpha value is -0.900. The van der Waals surface area contributed by atoms with E-state index in [0.29, 0.717) is 17.8 Å². The first-order valence-corrected chi connectivity index (χ1v) is 12.7. The molecule has 4 rings (SSSR count). The zero-order valence-electron chi connectivity index (χ0n) is 19.2. The number of fused-ring (bicyclic) bond motifs is 2. The highest BCUT2D eigenvalue weighted by atomic mass is 16.7. The Morgan fingerprint density at radius 3 is 2.87 bits per heavy atom. The molecule has 1 N–H and O–H groups in total. The van der Waals surface area contributed by atoms with Crippen molar-refractivity contribution in [2.45, 2.75) is 109 Å². The minimum atomic E-state index is -0.142. The molecule has 1 saturated carbocycles. The Morgan fingerprint density at radius 1 is 1.17 bits per heavy atom. The SMILES string of the molecule is CCCCC[C@@H](CC[C@@H]1[C@H]2Cc3cccc(C)c3C[C@H]2C[C@H]1O)OC1CCCCO1. The lowest BCUT2D eigenvalue weighted by Crippen LogP contribution is -2.31. The first-order valence-electron chi connectivity index (χ1n) is 12.7. The Balaban J connectivity index is 1.37. The Bertz CT molecular complexity index is 666. The van der Waals surface area contributed by atoms with Crippen molar-refractivity contribution in [3.8, 4) is 0 Å². The summed E-state index contributed by atoms with van der Waals surface area (Å²) in [4.78, 5) is 0. The molecule has 1 aromatic rings. The summed E-state index contributed by atoms with van der Waals surface area (Å²) in [6, 6.07) is 6.77. The van der Waals surface area contributed by atoms with Gasteiger partial charge in [-0.3, -0.25) is 0 Å². The number of benzene rings is 1. The number of rotatable bonds is 9. The van der Waals surface area contributed by atoms with Crippen LogP contribution in [-0.2, 0) is 22.3 Å². The van der Waals surface area contributed by atoms with Gasteiger partial charge in [0.05, 0.1) is 12.2 Å². The molecule has 1 aliphatic heterocycles. The highest BCUT2D eigenvalue weighted by molar-refractivity contribution is 5.37. The number of ether oxygens (including phenoxy) is 2. The second-order valence-electron chi connectivity index (χ2n) is 10.1. The third-order valence-corrected chi connectivity index (χ3v) is 8.06. The number of aliphatic hydroxyl groups is 1. The van der Waals surface area contributed by atoms with Crippen LogP contribution in [0.15, 0.2) is 18.2 Å². The van der Waals surface area contributed by atoms with Gasteiger partial charge in [0.2, 0.25) is 0 Å². The predicted molar refractivity (Wildman–Crippen MR) is 122 cm³/mol. The lowest BCUT2D eigenvalue weighted by Gasteiger charge is -2.33. The molecule has 0 amide bonds. The molecule has 1 heterocycles. The van der Waals surface area contributed by atoms with Gasteiger partial charge in [-0.25, -0.2) is 0 Å². The van der Waals surface area contributed by atoms with E-state index in [4.69, 9.17) is 9.47 Å². The summed E-state index contributed by atoms with van der Waals surface area (Å²) < 4.78 is 12.3. The van der Waals surface area contributed by atoms with Gasteiger partial charge in [0, 0.05) is 6.61 Å². The van der Waals surface area contributed by atoms with Gasteiger partial charge in [-0.1, -0.05) is 44.4 Å². The second-order valence-corrected chi connectivity index (χ2v) is 10.1. The molecule has 0 spiro atoms. The number of aryl methyl sites for hydroxylation is 1. The quantitative estimate of drug-likeness (QED) is 0.505. The van der Waals surface area contributed by atoms with Gasteiger partial charge in [-0.15, -0.1) is 0 Å². The molecule has 2 fully saturated rings. The van der Waals surface area contributed by atoms with Crippen molar-refractivity contribution in [3.05, 3.63) is 34.9 Å². The average Bonchev–Trinajstić information content (AvgIpc) is 3.06. The topological polar surface area (TPSA) is 38.7 Å². The average molecular weight is 415 g/mol. The smallest absolute Gasteiger partial charge is 0.157 e. The van der Waals surface area contributed by atoms with Crippen molar-refractivity contribution in [2.75, 3.05) is 6.61 Å². The normalized spacial score (nSPS) is 31.9. The molecule has 30 heavy (non-hydrogen) atoms. The third kappa shape index (κ3) is 5.29. The largest absolute Gasteiger partial charge is 0.393 e. The highest BCUT2D eigenvalue weighted by Crippen LogP contribution is 2.47. The zero-order chi connectivity index (χ0) is 20.9. The fraction of sp³-hybridized carbons (Fsp3) is 0.778. The van der Waals surface area contributed by atoms with Crippen LogP contribution in [0, 0.1) is 24.7 Å².